The van der Waals surface area contributed by atoms with E-state index in [0.29, 0.717) is 16.9 Å². The molecule has 0 saturated heterocycles. The molecule has 0 bridgehead atoms. The maximum atomic E-state index is 13.0. The third kappa shape index (κ3) is 4.40. The van der Waals surface area contributed by atoms with Gasteiger partial charge in [-0.05, 0) is 71.0 Å². The van der Waals surface area contributed by atoms with Gasteiger partial charge in [0.2, 0.25) is 0 Å². The second-order valence-electron chi connectivity index (χ2n) is 9.23. The summed E-state index contributed by atoms with van der Waals surface area (Å²) in [6, 6.07) is 12.5. The number of esters is 1. The van der Waals surface area contributed by atoms with Gasteiger partial charge in [-0.25, -0.2) is 13.2 Å². The van der Waals surface area contributed by atoms with Gasteiger partial charge in [0.15, 0.2) is 9.84 Å². The number of hydrogen-bond acceptors (Lipinski definition) is 4. The van der Waals surface area contributed by atoms with E-state index in [1.54, 1.807) is 30.3 Å². The van der Waals surface area contributed by atoms with Crippen molar-refractivity contribution in [3.63, 3.8) is 0 Å². The number of rotatable bonds is 5. The lowest BCUT2D eigenvalue weighted by Gasteiger charge is -2.42. The van der Waals surface area contributed by atoms with Crippen LogP contribution in [-0.4, -0.2) is 27.2 Å². The van der Waals surface area contributed by atoms with Crippen molar-refractivity contribution >= 4 is 15.8 Å². The number of aryl methyl sites for hydroxylation is 1. The monoisotopic (exact) mass is 414 g/mol. The fourth-order valence-electron chi connectivity index (χ4n) is 4.06. The molecule has 0 aliphatic heterocycles. The Morgan fingerprint density at radius 1 is 0.931 bits per heavy atom. The van der Waals surface area contributed by atoms with Gasteiger partial charge >= 0.3 is 5.97 Å². The number of carbonyl (C=O) groups is 1. The Bertz CT molecular complexity index is 1020. The zero-order valence-electron chi connectivity index (χ0n) is 17.9. The molecule has 0 radical (unpaired) electrons. The van der Waals surface area contributed by atoms with Crippen LogP contribution in [0, 0.1) is 0 Å². The predicted octanol–water partition coefficient (Wildman–Crippen LogP) is 4.84. The lowest BCUT2D eigenvalue weighted by Crippen LogP contribution is -2.34. The van der Waals surface area contributed by atoms with Gasteiger partial charge in [0.05, 0.1) is 23.3 Å². The Hall–Kier alpha value is -2.14. The smallest absolute Gasteiger partial charge is 0.337 e. The molecule has 1 aliphatic carbocycles. The fraction of sp³-hybridized carbons (Fsp3) is 0.458. The normalized spacial score (nSPS) is 17.4. The molecule has 0 saturated carbocycles. The lowest BCUT2D eigenvalue weighted by molar-refractivity contribution is 0.0600. The minimum atomic E-state index is -3.40. The van der Waals surface area contributed by atoms with Crippen molar-refractivity contribution < 1.29 is 17.9 Å². The molecule has 2 aromatic carbocycles. The molecule has 4 nitrogen and oxygen atoms in total. The SMILES string of the molecule is COC(=O)c1ccc(CCS(=O)(=O)c2ccc3c(c2)C(C)(C)CCC3(C)C)cc1. The molecule has 0 fully saturated rings. The van der Waals surface area contributed by atoms with Gasteiger partial charge in [-0.1, -0.05) is 45.9 Å². The summed E-state index contributed by atoms with van der Waals surface area (Å²) in [7, 11) is -2.07. The van der Waals surface area contributed by atoms with E-state index in [0.717, 1.165) is 24.0 Å². The number of ether oxygens (including phenoxy) is 1. The Morgan fingerprint density at radius 3 is 2.10 bits per heavy atom. The fourth-order valence-corrected chi connectivity index (χ4v) is 5.37. The van der Waals surface area contributed by atoms with Crippen LogP contribution in [0.2, 0.25) is 0 Å². The largest absolute Gasteiger partial charge is 0.465 e. The van der Waals surface area contributed by atoms with E-state index >= 15 is 0 Å². The Balaban J connectivity index is 1.82. The van der Waals surface area contributed by atoms with Gasteiger partial charge in [0, 0.05) is 0 Å². The molecule has 2 aromatic rings. The second-order valence-corrected chi connectivity index (χ2v) is 11.3. The van der Waals surface area contributed by atoms with E-state index in [1.807, 2.05) is 12.1 Å². The van der Waals surface area contributed by atoms with Gasteiger partial charge in [0.1, 0.15) is 0 Å². The standard InChI is InChI=1S/C24H30O4S/c1-23(2)13-14-24(3,4)21-16-19(10-11-20(21)23)29(26,27)15-12-17-6-8-18(9-7-17)22(25)28-5/h6-11,16H,12-15H2,1-5H3. The molecule has 29 heavy (non-hydrogen) atoms. The molecular weight excluding hydrogens is 384 g/mol. The van der Waals surface area contributed by atoms with E-state index in [4.69, 9.17) is 4.74 Å². The maximum absolute atomic E-state index is 13.0. The van der Waals surface area contributed by atoms with Crippen LogP contribution in [0.5, 0.6) is 0 Å². The highest BCUT2D eigenvalue weighted by Gasteiger charge is 2.37. The van der Waals surface area contributed by atoms with Crippen molar-refractivity contribution in [3.05, 3.63) is 64.7 Å². The van der Waals surface area contributed by atoms with Crippen LogP contribution in [0.25, 0.3) is 0 Å². The number of carbonyl (C=O) groups excluding carboxylic acids is 1. The molecule has 1 aliphatic rings. The van der Waals surface area contributed by atoms with Crippen LogP contribution >= 0.6 is 0 Å². The van der Waals surface area contributed by atoms with Crippen LogP contribution < -0.4 is 0 Å². The highest BCUT2D eigenvalue weighted by molar-refractivity contribution is 7.91. The summed E-state index contributed by atoms with van der Waals surface area (Å²) in [6.07, 6.45) is 2.54. The highest BCUT2D eigenvalue weighted by atomic mass is 32.2. The molecule has 0 atom stereocenters. The summed E-state index contributed by atoms with van der Waals surface area (Å²) in [5, 5.41) is 0. The zero-order valence-corrected chi connectivity index (χ0v) is 18.7. The predicted molar refractivity (Wildman–Crippen MR) is 115 cm³/mol. The van der Waals surface area contributed by atoms with Gasteiger partial charge in [-0.2, -0.15) is 0 Å². The Kier molecular flexibility index (Phi) is 5.65. The summed E-state index contributed by atoms with van der Waals surface area (Å²) in [6.45, 7) is 8.85. The number of methoxy groups -OCH3 is 1. The Labute approximate surface area is 174 Å². The first-order chi connectivity index (χ1) is 13.5. The van der Waals surface area contributed by atoms with Crippen molar-refractivity contribution in [3.8, 4) is 0 Å². The van der Waals surface area contributed by atoms with Gasteiger partial charge in [-0.15, -0.1) is 0 Å². The molecular formula is C24H30O4S. The molecule has 0 heterocycles. The Morgan fingerprint density at radius 2 is 1.52 bits per heavy atom. The molecule has 0 amide bonds. The van der Waals surface area contributed by atoms with Crippen LogP contribution in [0.4, 0.5) is 0 Å². The zero-order chi connectivity index (χ0) is 21.4. The summed E-state index contributed by atoms with van der Waals surface area (Å²) in [5.41, 5.74) is 3.77. The van der Waals surface area contributed by atoms with E-state index in [9.17, 15) is 13.2 Å². The lowest BCUT2D eigenvalue weighted by atomic mass is 9.63. The van der Waals surface area contributed by atoms with Crippen LogP contribution in [0.1, 0.15) is 67.6 Å². The summed E-state index contributed by atoms with van der Waals surface area (Å²) in [5.74, 6) is -0.364. The average Bonchev–Trinajstić information content (AvgIpc) is 2.69. The van der Waals surface area contributed by atoms with Crippen molar-refractivity contribution in [2.45, 2.75) is 62.7 Å². The van der Waals surface area contributed by atoms with Crippen molar-refractivity contribution in [1.29, 1.82) is 0 Å². The van der Waals surface area contributed by atoms with E-state index in [2.05, 4.69) is 27.7 Å². The molecule has 0 N–H and O–H groups in total. The second kappa shape index (κ2) is 7.60. The molecule has 0 unspecified atom stereocenters. The van der Waals surface area contributed by atoms with Gasteiger partial charge < -0.3 is 4.74 Å². The van der Waals surface area contributed by atoms with Crippen molar-refractivity contribution in [2.24, 2.45) is 0 Å². The van der Waals surface area contributed by atoms with Crippen molar-refractivity contribution in [2.75, 3.05) is 12.9 Å². The number of hydrogen-bond donors (Lipinski definition) is 0. The average molecular weight is 415 g/mol. The summed E-state index contributed by atoms with van der Waals surface area (Å²) in [4.78, 5) is 11.9. The van der Waals surface area contributed by atoms with Crippen LogP contribution in [0.15, 0.2) is 47.4 Å². The maximum Gasteiger partial charge on any atom is 0.337 e. The first kappa shape index (κ1) is 21.6. The summed E-state index contributed by atoms with van der Waals surface area (Å²) >= 11 is 0. The molecule has 5 heteroatoms. The summed E-state index contributed by atoms with van der Waals surface area (Å²) < 4.78 is 30.7. The minimum Gasteiger partial charge on any atom is -0.465 e. The molecule has 0 aromatic heterocycles. The number of fused-ring (bicyclic) bond motifs is 1. The number of sulfone groups is 1. The van der Waals surface area contributed by atoms with Crippen LogP contribution in [-0.2, 0) is 31.8 Å². The van der Waals surface area contributed by atoms with E-state index in [-0.39, 0.29) is 16.6 Å². The van der Waals surface area contributed by atoms with Gasteiger partial charge in [0.25, 0.3) is 0 Å². The van der Waals surface area contributed by atoms with Crippen molar-refractivity contribution in [1.82, 2.24) is 0 Å². The first-order valence-corrected chi connectivity index (χ1v) is 11.7. The van der Waals surface area contributed by atoms with Gasteiger partial charge in [-0.3, -0.25) is 0 Å². The first-order valence-electron chi connectivity index (χ1n) is 10.0. The van der Waals surface area contributed by atoms with Crippen LogP contribution in [0.3, 0.4) is 0 Å². The molecule has 156 valence electrons. The minimum absolute atomic E-state index is 0.0277. The topological polar surface area (TPSA) is 60.4 Å². The quantitative estimate of drug-likeness (QED) is 0.657. The third-order valence-electron chi connectivity index (χ3n) is 6.22. The van der Waals surface area contributed by atoms with E-state index < -0.39 is 15.8 Å². The molecule has 0 spiro atoms. The highest BCUT2D eigenvalue weighted by Crippen LogP contribution is 2.46. The molecule has 3 rings (SSSR count). The van der Waals surface area contributed by atoms with E-state index in [1.165, 1.54) is 12.7 Å². The third-order valence-corrected chi connectivity index (χ3v) is 7.93. The number of benzene rings is 2.